The fourth-order valence-corrected chi connectivity index (χ4v) is 4.71. The largest absolute Gasteiger partial charge is 0.493 e. The van der Waals surface area contributed by atoms with Crippen LogP contribution in [0.1, 0.15) is 5.56 Å². The molecule has 0 unspecified atom stereocenters. The fourth-order valence-electron chi connectivity index (χ4n) is 4.17. The molecule has 1 aliphatic heterocycles. The van der Waals surface area contributed by atoms with Gasteiger partial charge >= 0.3 is 5.69 Å². The van der Waals surface area contributed by atoms with Crippen molar-refractivity contribution in [1.29, 1.82) is 5.26 Å². The Balaban J connectivity index is 1.55. The monoisotopic (exact) mass is 607 g/mol. The molecule has 0 aromatic heterocycles. The van der Waals surface area contributed by atoms with E-state index < -0.39 is 27.1 Å². The van der Waals surface area contributed by atoms with Gasteiger partial charge in [-0.1, -0.05) is 18.2 Å². The Bertz CT molecular complexity index is 1530. The molecule has 0 saturated carbocycles. The molecule has 40 heavy (non-hydrogen) atoms. The van der Waals surface area contributed by atoms with Gasteiger partial charge in [0.2, 0.25) is 5.75 Å². The lowest BCUT2D eigenvalue weighted by atomic mass is 10.1. The molecule has 3 aromatic carbocycles. The number of para-hydroxylation sites is 1. The highest BCUT2D eigenvalue weighted by Crippen LogP contribution is 2.43. The maximum absolute atomic E-state index is 13.1. The maximum atomic E-state index is 13.1. The zero-order chi connectivity index (χ0) is 28.8. The highest BCUT2D eigenvalue weighted by atomic mass is 79.9. The Morgan fingerprint density at radius 2 is 1.70 bits per heavy atom. The van der Waals surface area contributed by atoms with Crippen LogP contribution >= 0.6 is 15.9 Å². The molecule has 4 rings (SSSR count). The second kappa shape index (κ2) is 12.3. The van der Waals surface area contributed by atoms with E-state index >= 15 is 0 Å². The Morgan fingerprint density at radius 1 is 1.00 bits per heavy atom. The van der Waals surface area contributed by atoms with Crippen molar-refractivity contribution in [2.75, 3.05) is 38.2 Å². The molecule has 0 atom stereocenters. The summed E-state index contributed by atoms with van der Waals surface area (Å²) >= 11 is 3.35. The lowest BCUT2D eigenvalue weighted by molar-refractivity contribution is -0.394. The molecule has 1 aliphatic rings. The number of benzene rings is 3. The molecular formula is C27H22BrN5O7. The number of halogens is 1. The molecule has 1 saturated heterocycles. The first-order chi connectivity index (χ1) is 19.2. The first-order valence-corrected chi connectivity index (χ1v) is 12.7. The number of ether oxygens (including phenoxy) is 2. The number of amides is 1. The zero-order valence-electron chi connectivity index (χ0n) is 21.2. The van der Waals surface area contributed by atoms with Gasteiger partial charge in [0.05, 0.1) is 27.5 Å². The van der Waals surface area contributed by atoms with Crippen molar-refractivity contribution in [2.24, 2.45) is 0 Å². The molecule has 0 N–H and O–H groups in total. The van der Waals surface area contributed by atoms with Crippen LogP contribution in [-0.2, 0) is 4.79 Å². The van der Waals surface area contributed by atoms with Crippen LogP contribution in [0.3, 0.4) is 0 Å². The average molecular weight is 608 g/mol. The van der Waals surface area contributed by atoms with Gasteiger partial charge in [0.15, 0.2) is 11.5 Å². The van der Waals surface area contributed by atoms with Crippen molar-refractivity contribution < 1.29 is 24.1 Å². The summed E-state index contributed by atoms with van der Waals surface area (Å²) in [6.45, 7) is 2.18. The van der Waals surface area contributed by atoms with Crippen molar-refractivity contribution in [1.82, 2.24) is 4.90 Å². The number of nitro groups is 2. The molecule has 0 spiro atoms. The molecular weight excluding hydrogens is 586 g/mol. The summed E-state index contributed by atoms with van der Waals surface area (Å²) in [6.07, 6.45) is 1.43. The van der Waals surface area contributed by atoms with Gasteiger partial charge in [-0.3, -0.25) is 25.0 Å². The van der Waals surface area contributed by atoms with Crippen LogP contribution in [0.4, 0.5) is 17.1 Å². The average Bonchev–Trinajstić information content (AvgIpc) is 2.97. The summed E-state index contributed by atoms with van der Waals surface area (Å²) < 4.78 is 11.4. The van der Waals surface area contributed by atoms with Crippen LogP contribution in [0.2, 0.25) is 0 Å². The molecule has 0 bridgehead atoms. The van der Waals surface area contributed by atoms with Gasteiger partial charge in [0, 0.05) is 37.9 Å². The van der Waals surface area contributed by atoms with Crippen LogP contribution in [-0.4, -0.2) is 53.9 Å². The topological polar surface area (TPSA) is 152 Å². The van der Waals surface area contributed by atoms with E-state index in [9.17, 15) is 30.3 Å². The lowest BCUT2D eigenvalue weighted by Crippen LogP contribution is -2.49. The molecule has 13 heteroatoms. The number of hydrogen-bond acceptors (Lipinski definition) is 9. The normalized spacial score (nSPS) is 13.4. The van der Waals surface area contributed by atoms with E-state index in [-0.39, 0.29) is 22.8 Å². The molecule has 204 valence electrons. The Labute approximate surface area is 237 Å². The number of methoxy groups -OCH3 is 1. The van der Waals surface area contributed by atoms with E-state index in [1.165, 1.54) is 19.3 Å². The van der Waals surface area contributed by atoms with E-state index in [4.69, 9.17) is 9.47 Å². The van der Waals surface area contributed by atoms with Crippen molar-refractivity contribution in [3.8, 4) is 23.3 Å². The van der Waals surface area contributed by atoms with Crippen LogP contribution in [0.25, 0.3) is 6.08 Å². The number of piperazine rings is 1. The smallest absolute Gasteiger partial charge is 0.318 e. The summed E-state index contributed by atoms with van der Waals surface area (Å²) in [7, 11) is 1.36. The molecule has 0 aliphatic carbocycles. The second-order valence-electron chi connectivity index (χ2n) is 8.59. The number of nitrogens with zero attached hydrogens (tertiary/aromatic N) is 5. The van der Waals surface area contributed by atoms with E-state index in [1.54, 1.807) is 11.0 Å². The van der Waals surface area contributed by atoms with E-state index in [0.717, 1.165) is 23.9 Å². The minimum Gasteiger partial charge on any atom is -0.493 e. The van der Waals surface area contributed by atoms with Gasteiger partial charge in [0.25, 0.3) is 11.6 Å². The van der Waals surface area contributed by atoms with Crippen molar-refractivity contribution in [3.05, 3.63) is 96.5 Å². The molecule has 0 radical (unpaired) electrons. The van der Waals surface area contributed by atoms with E-state index in [1.807, 2.05) is 36.4 Å². The molecule has 1 amide bonds. The van der Waals surface area contributed by atoms with Gasteiger partial charge in [-0.2, -0.15) is 5.26 Å². The summed E-state index contributed by atoms with van der Waals surface area (Å²) in [5.41, 5.74) is 0.394. The van der Waals surface area contributed by atoms with Crippen molar-refractivity contribution in [3.63, 3.8) is 0 Å². The Kier molecular flexibility index (Phi) is 8.60. The van der Waals surface area contributed by atoms with Gasteiger partial charge in [-0.15, -0.1) is 0 Å². The minimum atomic E-state index is -0.787. The SMILES string of the molecule is COc1cc(/C=C(/C#N)C(=O)N2CCN(c3ccccc3)CC2)cc(Br)c1Oc1ccc([N+](=O)[O-])cc1[N+](=O)[O-]. The van der Waals surface area contributed by atoms with Gasteiger partial charge in [0.1, 0.15) is 11.6 Å². The fraction of sp³-hybridized carbons (Fsp3) is 0.185. The number of anilines is 1. The summed E-state index contributed by atoms with van der Waals surface area (Å²) in [5, 5.41) is 32.3. The summed E-state index contributed by atoms with van der Waals surface area (Å²) in [6, 6.07) is 17.9. The highest BCUT2D eigenvalue weighted by molar-refractivity contribution is 9.10. The standard InChI is InChI=1S/C27H22BrN5O7/c1-39-25-15-18(14-22(28)26(25)40-24-8-7-21(32(35)36)16-23(24)33(37)38)13-19(17-29)27(34)31-11-9-30(10-12-31)20-5-3-2-4-6-20/h2-8,13-16H,9-12H2,1H3/b19-13-. The van der Waals surface area contributed by atoms with Crippen LogP contribution < -0.4 is 14.4 Å². The summed E-state index contributed by atoms with van der Waals surface area (Å²) in [5.74, 6) is -0.416. The summed E-state index contributed by atoms with van der Waals surface area (Å²) in [4.78, 5) is 37.9. The second-order valence-corrected chi connectivity index (χ2v) is 9.44. The first kappa shape index (κ1) is 28.1. The first-order valence-electron chi connectivity index (χ1n) is 11.9. The zero-order valence-corrected chi connectivity index (χ0v) is 22.7. The number of nitro benzene ring substituents is 2. The lowest BCUT2D eigenvalue weighted by Gasteiger charge is -2.36. The van der Waals surface area contributed by atoms with Gasteiger partial charge in [-0.05, 0) is 57.9 Å². The van der Waals surface area contributed by atoms with Crippen LogP contribution in [0, 0.1) is 31.6 Å². The third kappa shape index (κ3) is 6.19. The predicted molar refractivity (Wildman–Crippen MR) is 149 cm³/mol. The number of carbonyl (C=O) groups is 1. The van der Waals surface area contributed by atoms with Gasteiger partial charge < -0.3 is 19.3 Å². The molecule has 12 nitrogen and oxygen atoms in total. The third-order valence-corrected chi connectivity index (χ3v) is 6.75. The number of nitriles is 1. The Morgan fingerprint density at radius 3 is 2.30 bits per heavy atom. The van der Waals surface area contributed by atoms with Crippen molar-refractivity contribution in [2.45, 2.75) is 0 Å². The third-order valence-electron chi connectivity index (χ3n) is 6.16. The molecule has 1 heterocycles. The number of rotatable bonds is 8. The molecule has 1 fully saturated rings. The van der Waals surface area contributed by atoms with Crippen LogP contribution in [0.5, 0.6) is 17.2 Å². The predicted octanol–water partition coefficient (Wildman–Crippen LogP) is 5.32. The maximum Gasteiger partial charge on any atom is 0.318 e. The van der Waals surface area contributed by atoms with E-state index in [2.05, 4.69) is 20.8 Å². The molecule has 3 aromatic rings. The van der Waals surface area contributed by atoms with Crippen molar-refractivity contribution >= 4 is 45.0 Å². The van der Waals surface area contributed by atoms with E-state index in [0.29, 0.717) is 36.2 Å². The van der Waals surface area contributed by atoms with Crippen LogP contribution in [0.15, 0.2) is 70.7 Å². The number of non-ortho nitro benzene ring substituents is 1. The minimum absolute atomic E-state index is 0.0678. The van der Waals surface area contributed by atoms with Gasteiger partial charge in [-0.25, -0.2) is 0 Å². The Hall–Kier alpha value is -4.96. The number of hydrogen-bond donors (Lipinski definition) is 0. The number of carbonyl (C=O) groups excluding carboxylic acids is 1. The quantitative estimate of drug-likeness (QED) is 0.143. The highest BCUT2D eigenvalue weighted by Gasteiger charge is 2.26.